The highest BCUT2D eigenvalue weighted by Crippen LogP contribution is 2.20. The predicted molar refractivity (Wildman–Crippen MR) is 109 cm³/mol. The first-order valence-corrected chi connectivity index (χ1v) is 8.86. The summed E-state index contributed by atoms with van der Waals surface area (Å²) in [7, 11) is 1.59. The van der Waals surface area contributed by atoms with E-state index >= 15 is 0 Å². The number of carbonyl (C=O) groups excluding carboxylic acids is 2. The van der Waals surface area contributed by atoms with Crippen LogP contribution in [0.1, 0.15) is 34.5 Å². The van der Waals surface area contributed by atoms with Gasteiger partial charge in [-0.05, 0) is 53.1 Å². The monoisotopic (exact) mass is 358 g/mol. The van der Waals surface area contributed by atoms with Crippen molar-refractivity contribution >= 4 is 28.7 Å². The zero-order valence-electron chi connectivity index (χ0n) is 15.4. The van der Waals surface area contributed by atoms with Gasteiger partial charge in [0.25, 0.3) is 5.91 Å². The standard InChI is InChI=1S/C23H22N2O2/c1-16(20-13-12-18-5-3-4-6-21(18)15-20)25-22(26)14-9-17-7-10-19(11-8-17)23(27)24-2/h3-16H,1-2H3,(H,24,27)(H,25,26)/b14-9+. The molecule has 4 heteroatoms. The molecule has 0 fully saturated rings. The maximum atomic E-state index is 12.2. The second kappa shape index (κ2) is 8.32. The Morgan fingerprint density at radius 2 is 1.63 bits per heavy atom. The van der Waals surface area contributed by atoms with E-state index in [1.54, 1.807) is 37.4 Å². The molecular formula is C23H22N2O2. The predicted octanol–water partition coefficient (Wildman–Crippen LogP) is 4.09. The molecule has 0 heterocycles. The fourth-order valence-electron chi connectivity index (χ4n) is 2.88. The van der Waals surface area contributed by atoms with Crippen LogP contribution in [-0.4, -0.2) is 18.9 Å². The van der Waals surface area contributed by atoms with Crippen LogP contribution in [-0.2, 0) is 4.79 Å². The fraction of sp³-hybridized carbons (Fsp3) is 0.130. The zero-order chi connectivity index (χ0) is 19.2. The van der Waals surface area contributed by atoms with E-state index in [9.17, 15) is 9.59 Å². The lowest BCUT2D eigenvalue weighted by Crippen LogP contribution is -2.24. The van der Waals surface area contributed by atoms with E-state index in [2.05, 4.69) is 34.9 Å². The van der Waals surface area contributed by atoms with Crippen molar-refractivity contribution in [2.75, 3.05) is 7.05 Å². The molecule has 3 rings (SSSR count). The molecular weight excluding hydrogens is 336 g/mol. The molecule has 136 valence electrons. The molecule has 0 saturated heterocycles. The topological polar surface area (TPSA) is 58.2 Å². The number of carbonyl (C=O) groups is 2. The summed E-state index contributed by atoms with van der Waals surface area (Å²) in [5.74, 6) is -0.293. The third kappa shape index (κ3) is 4.61. The Morgan fingerprint density at radius 3 is 2.33 bits per heavy atom. The Morgan fingerprint density at radius 1 is 0.926 bits per heavy atom. The summed E-state index contributed by atoms with van der Waals surface area (Å²) >= 11 is 0. The smallest absolute Gasteiger partial charge is 0.251 e. The minimum atomic E-state index is -0.161. The molecule has 0 bridgehead atoms. The summed E-state index contributed by atoms with van der Waals surface area (Å²) in [6.45, 7) is 1.97. The van der Waals surface area contributed by atoms with Crippen molar-refractivity contribution in [2.24, 2.45) is 0 Å². The van der Waals surface area contributed by atoms with Crippen LogP contribution in [0, 0.1) is 0 Å². The minimum Gasteiger partial charge on any atom is -0.355 e. The SMILES string of the molecule is CNC(=O)c1ccc(/C=C/C(=O)NC(C)c2ccc3ccccc3c2)cc1. The van der Waals surface area contributed by atoms with Crippen LogP contribution >= 0.6 is 0 Å². The van der Waals surface area contributed by atoms with E-state index in [0.717, 1.165) is 16.5 Å². The van der Waals surface area contributed by atoms with Gasteiger partial charge < -0.3 is 10.6 Å². The highest BCUT2D eigenvalue weighted by atomic mass is 16.2. The molecule has 0 aromatic heterocycles. The first-order chi connectivity index (χ1) is 13.1. The highest BCUT2D eigenvalue weighted by molar-refractivity contribution is 5.95. The van der Waals surface area contributed by atoms with Gasteiger partial charge in [-0.2, -0.15) is 0 Å². The lowest BCUT2D eigenvalue weighted by atomic mass is 10.0. The van der Waals surface area contributed by atoms with E-state index in [1.807, 2.05) is 25.1 Å². The number of hydrogen-bond acceptors (Lipinski definition) is 2. The van der Waals surface area contributed by atoms with Crippen LogP contribution in [0.3, 0.4) is 0 Å². The quantitative estimate of drug-likeness (QED) is 0.675. The van der Waals surface area contributed by atoms with Gasteiger partial charge in [0.1, 0.15) is 0 Å². The Hall–Kier alpha value is -3.40. The third-order valence-corrected chi connectivity index (χ3v) is 4.46. The van der Waals surface area contributed by atoms with Gasteiger partial charge >= 0.3 is 0 Å². The van der Waals surface area contributed by atoms with Gasteiger partial charge in [0.2, 0.25) is 5.91 Å². The van der Waals surface area contributed by atoms with Crippen molar-refractivity contribution in [3.63, 3.8) is 0 Å². The van der Waals surface area contributed by atoms with Crippen molar-refractivity contribution in [2.45, 2.75) is 13.0 Å². The van der Waals surface area contributed by atoms with Gasteiger partial charge in [-0.3, -0.25) is 9.59 Å². The van der Waals surface area contributed by atoms with Crippen LogP contribution in [0.5, 0.6) is 0 Å². The summed E-state index contributed by atoms with van der Waals surface area (Å²) in [4.78, 5) is 23.8. The molecule has 0 radical (unpaired) electrons. The second-order valence-electron chi connectivity index (χ2n) is 6.37. The molecule has 0 saturated carbocycles. The minimum absolute atomic E-state index is 0.0950. The summed E-state index contributed by atoms with van der Waals surface area (Å²) in [6, 6.07) is 21.3. The first-order valence-electron chi connectivity index (χ1n) is 8.86. The van der Waals surface area contributed by atoms with Gasteiger partial charge in [-0.25, -0.2) is 0 Å². The van der Waals surface area contributed by atoms with E-state index in [4.69, 9.17) is 0 Å². The first kappa shape index (κ1) is 18.4. The normalized spacial score (nSPS) is 12.1. The molecule has 2 N–H and O–H groups in total. The molecule has 4 nitrogen and oxygen atoms in total. The largest absolute Gasteiger partial charge is 0.355 e. The van der Waals surface area contributed by atoms with E-state index in [-0.39, 0.29) is 17.9 Å². The van der Waals surface area contributed by atoms with Crippen molar-refractivity contribution in [3.8, 4) is 0 Å². The van der Waals surface area contributed by atoms with Crippen molar-refractivity contribution < 1.29 is 9.59 Å². The van der Waals surface area contributed by atoms with E-state index in [0.29, 0.717) is 5.56 Å². The van der Waals surface area contributed by atoms with Crippen molar-refractivity contribution in [1.82, 2.24) is 10.6 Å². The number of fused-ring (bicyclic) bond motifs is 1. The molecule has 1 atom stereocenters. The zero-order valence-corrected chi connectivity index (χ0v) is 15.4. The maximum absolute atomic E-state index is 12.2. The van der Waals surface area contributed by atoms with Crippen LogP contribution in [0.4, 0.5) is 0 Å². The molecule has 1 unspecified atom stereocenters. The summed E-state index contributed by atoms with van der Waals surface area (Å²) < 4.78 is 0. The highest BCUT2D eigenvalue weighted by Gasteiger charge is 2.08. The third-order valence-electron chi connectivity index (χ3n) is 4.46. The van der Waals surface area contributed by atoms with Crippen LogP contribution in [0.2, 0.25) is 0 Å². The number of amides is 2. The molecule has 27 heavy (non-hydrogen) atoms. The van der Waals surface area contributed by atoms with Gasteiger partial charge in [0, 0.05) is 18.7 Å². The number of benzene rings is 3. The van der Waals surface area contributed by atoms with Crippen LogP contribution in [0.25, 0.3) is 16.8 Å². The van der Waals surface area contributed by atoms with Crippen LogP contribution in [0.15, 0.2) is 72.8 Å². The fourth-order valence-corrected chi connectivity index (χ4v) is 2.88. The number of hydrogen-bond donors (Lipinski definition) is 2. The van der Waals surface area contributed by atoms with Gasteiger partial charge in [-0.15, -0.1) is 0 Å². The lowest BCUT2D eigenvalue weighted by Gasteiger charge is -2.14. The Bertz CT molecular complexity index is 991. The lowest BCUT2D eigenvalue weighted by molar-refractivity contribution is -0.117. The number of rotatable bonds is 5. The molecule has 0 aliphatic heterocycles. The second-order valence-corrected chi connectivity index (χ2v) is 6.37. The van der Waals surface area contributed by atoms with Crippen molar-refractivity contribution in [1.29, 1.82) is 0 Å². The average molecular weight is 358 g/mol. The Balaban J connectivity index is 1.63. The van der Waals surface area contributed by atoms with Crippen LogP contribution < -0.4 is 10.6 Å². The van der Waals surface area contributed by atoms with Gasteiger partial charge in [0.05, 0.1) is 6.04 Å². The van der Waals surface area contributed by atoms with Gasteiger partial charge in [0.15, 0.2) is 0 Å². The molecule has 0 aliphatic rings. The summed E-state index contributed by atoms with van der Waals surface area (Å²) in [6.07, 6.45) is 3.24. The number of nitrogens with one attached hydrogen (secondary N) is 2. The van der Waals surface area contributed by atoms with Gasteiger partial charge in [-0.1, -0.05) is 48.5 Å². The molecule has 3 aromatic rings. The van der Waals surface area contributed by atoms with Crippen molar-refractivity contribution in [3.05, 3.63) is 89.5 Å². The average Bonchev–Trinajstić information content (AvgIpc) is 2.71. The van der Waals surface area contributed by atoms with E-state index in [1.165, 1.54) is 11.5 Å². The van der Waals surface area contributed by atoms with E-state index < -0.39 is 0 Å². The summed E-state index contributed by atoms with van der Waals surface area (Å²) in [5.41, 5.74) is 2.51. The summed E-state index contributed by atoms with van der Waals surface area (Å²) in [5, 5.41) is 7.89. The Labute approximate surface area is 158 Å². The molecule has 0 aliphatic carbocycles. The molecule has 0 spiro atoms. The molecule has 3 aromatic carbocycles. The molecule has 2 amide bonds. The maximum Gasteiger partial charge on any atom is 0.251 e. The Kier molecular flexibility index (Phi) is 5.67.